The molecule has 2 N–H and O–H groups in total. The van der Waals surface area contributed by atoms with Gasteiger partial charge in [-0.3, -0.25) is 9.47 Å². The largest absolute Gasteiger partial charge is 0.468 e. The van der Waals surface area contributed by atoms with Gasteiger partial charge in [0.25, 0.3) is 6.01 Å². The van der Waals surface area contributed by atoms with E-state index >= 15 is 0 Å². The highest BCUT2D eigenvalue weighted by Gasteiger charge is 2.30. The fourth-order valence-electron chi connectivity index (χ4n) is 5.58. The maximum absolute atomic E-state index is 6.35. The van der Waals surface area contributed by atoms with Crippen molar-refractivity contribution in [2.75, 3.05) is 91.4 Å². The maximum Gasteiger partial charge on any atom is 0.320 e. The van der Waals surface area contributed by atoms with E-state index in [4.69, 9.17) is 25.2 Å². The van der Waals surface area contributed by atoms with Gasteiger partial charge in [-0.05, 0) is 45.3 Å². The number of nitrogens with two attached hydrogens (primary N) is 1. The summed E-state index contributed by atoms with van der Waals surface area (Å²) in [6.07, 6.45) is 5.37. The zero-order chi connectivity index (χ0) is 26.9. The van der Waals surface area contributed by atoms with Crippen molar-refractivity contribution in [3.8, 4) is 12.0 Å². The molecule has 0 saturated carbocycles. The highest BCUT2D eigenvalue weighted by atomic mass is 16.5. The number of hydrogen-bond donors (Lipinski definition) is 1. The van der Waals surface area contributed by atoms with Crippen molar-refractivity contribution >= 4 is 17.0 Å². The Morgan fingerprint density at radius 2 is 1.47 bits per heavy atom. The quantitative estimate of drug-likeness (QED) is 0.366. The molecule has 4 heterocycles. The van der Waals surface area contributed by atoms with Crippen LogP contribution in [0.25, 0.3) is 11.2 Å². The summed E-state index contributed by atoms with van der Waals surface area (Å²) in [4.78, 5) is 24.1. The number of likely N-dealkylation sites (N-methyl/N-ethyl adjacent to an activating group) is 2. The lowest BCUT2D eigenvalue weighted by Gasteiger charge is -2.39. The summed E-state index contributed by atoms with van der Waals surface area (Å²) in [5.74, 6) is 0.333. The molecule has 214 valence electrons. The highest BCUT2D eigenvalue weighted by molar-refractivity contribution is 5.83. The summed E-state index contributed by atoms with van der Waals surface area (Å²) in [5.41, 5.74) is 7.62. The number of unbranched alkanes of at least 4 members (excludes halogenated alkanes) is 2. The third-order valence-corrected chi connectivity index (χ3v) is 8.10. The number of imidazole rings is 1. The smallest absolute Gasteiger partial charge is 0.320 e. The summed E-state index contributed by atoms with van der Waals surface area (Å²) in [6, 6.07) is 0.846. The fraction of sp³-hybridized carbons (Fsp3) is 0.815. The molecule has 0 bridgehead atoms. The van der Waals surface area contributed by atoms with E-state index in [1.54, 1.807) is 7.11 Å². The minimum Gasteiger partial charge on any atom is -0.468 e. The van der Waals surface area contributed by atoms with Crippen LogP contribution in [0.5, 0.6) is 12.0 Å². The normalized spacial score (nSPS) is 19.3. The molecular weight excluding hydrogens is 482 g/mol. The molecule has 2 aromatic heterocycles. The third kappa shape index (κ3) is 7.05. The van der Waals surface area contributed by atoms with Gasteiger partial charge in [-0.2, -0.15) is 15.0 Å². The van der Waals surface area contributed by atoms with Gasteiger partial charge in [0.05, 0.1) is 19.9 Å². The highest BCUT2D eigenvalue weighted by Crippen LogP contribution is 2.33. The zero-order valence-electron chi connectivity index (χ0n) is 24.1. The Labute approximate surface area is 228 Å². The molecule has 11 heteroatoms. The van der Waals surface area contributed by atoms with Crippen LogP contribution < -0.4 is 15.2 Å². The fourth-order valence-corrected chi connectivity index (χ4v) is 5.58. The van der Waals surface area contributed by atoms with Gasteiger partial charge in [-0.25, -0.2) is 0 Å². The molecule has 0 aromatic carbocycles. The molecule has 0 spiro atoms. The van der Waals surface area contributed by atoms with Gasteiger partial charge in [0.2, 0.25) is 0 Å². The molecule has 1 unspecified atom stereocenters. The second-order valence-electron chi connectivity index (χ2n) is 10.5. The molecule has 4 rings (SSSR count). The average molecular weight is 532 g/mol. The van der Waals surface area contributed by atoms with E-state index in [0.717, 1.165) is 71.5 Å². The van der Waals surface area contributed by atoms with Crippen LogP contribution in [0.2, 0.25) is 0 Å². The Morgan fingerprint density at radius 1 is 0.816 bits per heavy atom. The molecule has 1 atom stereocenters. The Bertz CT molecular complexity index is 985. The Morgan fingerprint density at radius 3 is 2.11 bits per heavy atom. The average Bonchev–Trinajstić information content (AvgIpc) is 3.32. The van der Waals surface area contributed by atoms with E-state index in [2.05, 4.69) is 49.9 Å². The number of anilines is 1. The van der Waals surface area contributed by atoms with Crippen LogP contribution in [-0.2, 0) is 0 Å². The van der Waals surface area contributed by atoms with E-state index in [0.29, 0.717) is 35.6 Å². The van der Waals surface area contributed by atoms with Crippen molar-refractivity contribution in [3.05, 3.63) is 0 Å². The number of ether oxygens (including phenoxy) is 2. The summed E-state index contributed by atoms with van der Waals surface area (Å²) < 4.78 is 13.8. The van der Waals surface area contributed by atoms with E-state index in [1.165, 1.54) is 32.6 Å². The topological polar surface area (TPSA) is 101 Å². The van der Waals surface area contributed by atoms with Gasteiger partial charge in [-0.15, -0.1) is 0 Å². The summed E-state index contributed by atoms with van der Waals surface area (Å²) >= 11 is 0. The number of fused-ring (bicyclic) bond motifs is 1. The molecule has 2 aliphatic rings. The first-order valence-corrected chi connectivity index (χ1v) is 14.7. The van der Waals surface area contributed by atoms with Gasteiger partial charge in [0, 0.05) is 52.4 Å². The molecule has 11 nitrogen and oxygen atoms in total. The van der Waals surface area contributed by atoms with Crippen LogP contribution in [0.1, 0.15) is 59.0 Å². The van der Waals surface area contributed by atoms with E-state index in [1.807, 2.05) is 0 Å². The first-order valence-electron chi connectivity index (χ1n) is 14.7. The van der Waals surface area contributed by atoms with Crippen LogP contribution in [-0.4, -0.2) is 125 Å². The van der Waals surface area contributed by atoms with Gasteiger partial charge in [-0.1, -0.05) is 27.2 Å². The first kappa shape index (κ1) is 28.8. The lowest BCUT2D eigenvalue weighted by molar-refractivity contribution is 0.0575. The van der Waals surface area contributed by atoms with Gasteiger partial charge < -0.3 is 29.9 Å². The van der Waals surface area contributed by atoms with Crippen LogP contribution in [0.4, 0.5) is 5.82 Å². The molecule has 0 amide bonds. The number of methoxy groups -OCH3 is 1. The predicted molar refractivity (Wildman–Crippen MR) is 152 cm³/mol. The molecule has 2 aromatic rings. The van der Waals surface area contributed by atoms with E-state index in [9.17, 15) is 0 Å². The zero-order valence-corrected chi connectivity index (χ0v) is 24.1. The third-order valence-electron chi connectivity index (χ3n) is 8.10. The second-order valence-corrected chi connectivity index (χ2v) is 10.5. The van der Waals surface area contributed by atoms with Crippen LogP contribution in [0, 0.1) is 0 Å². The van der Waals surface area contributed by atoms with Gasteiger partial charge >= 0.3 is 6.01 Å². The number of nitrogens with zero attached hydrogens (tertiary/aromatic N) is 8. The molecule has 0 radical (unpaired) electrons. The number of aromatic nitrogens is 4. The lowest BCUT2D eigenvalue weighted by atomic mass is 10.1. The molecule has 2 saturated heterocycles. The summed E-state index contributed by atoms with van der Waals surface area (Å²) in [6.45, 7) is 19.4. The van der Waals surface area contributed by atoms with Crippen molar-refractivity contribution < 1.29 is 9.47 Å². The van der Waals surface area contributed by atoms with Crippen molar-refractivity contribution in [2.45, 2.75) is 59.0 Å². The SMILES string of the molecule is CCCCOc1nc(N)c2nc(OC)n(C(CCCCN3CCN(CC)CC3)N3CCN(CC)CC3)c2n1. The molecule has 0 aliphatic carbocycles. The van der Waals surface area contributed by atoms with Crippen LogP contribution in [0.3, 0.4) is 0 Å². The molecule has 38 heavy (non-hydrogen) atoms. The van der Waals surface area contributed by atoms with Crippen LogP contribution in [0.15, 0.2) is 0 Å². The Hall–Kier alpha value is -2.21. The maximum atomic E-state index is 6.35. The Kier molecular flexibility index (Phi) is 10.8. The molecule has 2 fully saturated rings. The van der Waals surface area contributed by atoms with Crippen molar-refractivity contribution in [1.29, 1.82) is 0 Å². The van der Waals surface area contributed by atoms with Crippen molar-refractivity contribution in [3.63, 3.8) is 0 Å². The van der Waals surface area contributed by atoms with Crippen molar-refractivity contribution in [1.82, 2.24) is 39.1 Å². The van der Waals surface area contributed by atoms with Crippen LogP contribution >= 0.6 is 0 Å². The lowest BCUT2D eigenvalue weighted by Crippen LogP contribution is -2.48. The monoisotopic (exact) mass is 531 g/mol. The standard InChI is InChI=1S/C27H49N9O2/c1-5-8-21-38-26-30-24(28)23-25(31-26)36(27(29-23)37-4)22(35-19-17-33(7-3)18-20-35)11-9-10-12-34-15-13-32(6-2)14-16-34/h22H,5-21H2,1-4H3,(H2,28,30,31). The van der Waals surface area contributed by atoms with Gasteiger partial charge in [0.1, 0.15) is 0 Å². The predicted octanol–water partition coefficient (Wildman–Crippen LogP) is 2.54. The van der Waals surface area contributed by atoms with E-state index in [-0.39, 0.29) is 6.17 Å². The molecular formula is C27H49N9O2. The van der Waals surface area contributed by atoms with Crippen molar-refractivity contribution in [2.24, 2.45) is 0 Å². The molecule has 2 aliphatic heterocycles. The Balaban J connectivity index is 1.53. The minimum atomic E-state index is 0.0867. The second kappa shape index (κ2) is 14.3. The number of rotatable bonds is 14. The summed E-state index contributed by atoms with van der Waals surface area (Å²) in [5, 5.41) is 0. The van der Waals surface area contributed by atoms with E-state index < -0.39 is 0 Å². The summed E-state index contributed by atoms with van der Waals surface area (Å²) in [7, 11) is 1.67. The number of piperazine rings is 2. The van der Waals surface area contributed by atoms with Gasteiger partial charge in [0.15, 0.2) is 17.0 Å². The minimum absolute atomic E-state index is 0.0867. The number of nitrogen functional groups attached to an aromatic ring is 1. The first-order chi connectivity index (χ1) is 18.6. The number of hydrogen-bond acceptors (Lipinski definition) is 10.